The van der Waals surface area contributed by atoms with Crippen LogP contribution in [0.3, 0.4) is 0 Å². The van der Waals surface area contributed by atoms with E-state index in [9.17, 15) is 13.2 Å². The van der Waals surface area contributed by atoms with Gasteiger partial charge in [0.15, 0.2) is 9.84 Å². The normalized spacial score (nSPS) is 11.6. The zero-order valence-electron chi connectivity index (χ0n) is 14.9. The lowest BCUT2D eigenvalue weighted by molar-refractivity contribution is -0.140. The molecule has 2 aromatic rings. The van der Waals surface area contributed by atoms with Gasteiger partial charge in [0.1, 0.15) is 0 Å². The second-order valence-electron chi connectivity index (χ2n) is 5.99. The lowest BCUT2D eigenvalue weighted by atomic mass is 10.1. The first-order valence-corrected chi connectivity index (χ1v) is 10.3. The molecule has 0 aliphatic rings. The molecule has 2 rings (SSSR count). The molecule has 2 aromatic carbocycles. The minimum Gasteiger partial charge on any atom is -0.469 e. The van der Waals surface area contributed by atoms with Crippen LogP contribution >= 0.6 is 0 Å². The van der Waals surface area contributed by atoms with Crippen molar-refractivity contribution < 1.29 is 17.9 Å². The van der Waals surface area contributed by atoms with Crippen molar-refractivity contribution in [2.75, 3.05) is 12.9 Å². The molecule has 0 N–H and O–H groups in total. The van der Waals surface area contributed by atoms with E-state index in [2.05, 4.69) is 4.74 Å². The molecule has 0 aliphatic carbocycles. The molecule has 0 saturated carbocycles. The van der Waals surface area contributed by atoms with Crippen LogP contribution in [0.4, 0.5) is 0 Å². The minimum atomic E-state index is -3.37. The summed E-state index contributed by atoms with van der Waals surface area (Å²) in [5, 5.41) is 0. The van der Waals surface area contributed by atoms with E-state index in [0.717, 1.165) is 5.56 Å². The van der Waals surface area contributed by atoms with E-state index in [0.29, 0.717) is 36.1 Å². The fourth-order valence-corrected chi connectivity index (χ4v) is 4.19. The summed E-state index contributed by atoms with van der Waals surface area (Å²) in [6.45, 7) is 0. The lowest BCUT2D eigenvalue weighted by Gasteiger charge is -2.08. The average Bonchev–Trinajstić information content (AvgIpc) is 2.67. The van der Waals surface area contributed by atoms with Crippen molar-refractivity contribution in [3.8, 4) is 0 Å². The van der Waals surface area contributed by atoms with Crippen LogP contribution < -0.4 is 0 Å². The van der Waals surface area contributed by atoms with Gasteiger partial charge in [0.25, 0.3) is 0 Å². The fraction of sp³-hybridized carbons (Fsp3) is 0.286. The zero-order valence-corrected chi connectivity index (χ0v) is 15.7. The predicted octanol–water partition coefficient (Wildman–Crippen LogP) is 4.36. The summed E-state index contributed by atoms with van der Waals surface area (Å²) in [6, 6.07) is 16.8. The molecule has 0 aromatic heterocycles. The smallest absolute Gasteiger partial charge is 0.305 e. The molecule has 138 valence electrons. The van der Waals surface area contributed by atoms with Crippen LogP contribution in [0, 0.1) is 0 Å². The standard InChI is InChI=1S/C21H24O4S/c1-25-21(22)14-6-3-9-17-26(23,24)20-13-8-7-12-19(20)16-15-18-10-4-2-5-11-18/h2,4-5,7-8,10-13,15-16H,3,6,9,14,17H2,1H3. The number of methoxy groups -OCH3 is 1. The Balaban J connectivity index is 2.03. The highest BCUT2D eigenvalue weighted by Crippen LogP contribution is 2.21. The van der Waals surface area contributed by atoms with Gasteiger partial charge in [-0.1, -0.05) is 67.1 Å². The van der Waals surface area contributed by atoms with Gasteiger partial charge < -0.3 is 4.74 Å². The van der Waals surface area contributed by atoms with Gasteiger partial charge in [-0.15, -0.1) is 0 Å². The van der Waals surface area contributed by atoms with Gasteiger partial charge in [-0.25, -0.2) is 8.42 Å². The van der Waals surface area contributed by atoms with Crippen LogP contribution in [0.5, 0.6) is 0 Å². The molecule has 0 heterocycles. The van der Waals surface area contributed by atoms with Gasteiger partial charge >= 0.3 is 5.97 Å². The van der Waals surface area contributed by atoms with Gasteiger partial charge in [-0.3, -0.25) is 4.79 Å². The average molecular weight is 372 g/mol. The first-order valence-electron chi connectivity index (χ1n) is 8.64. The number of carbonyl (C=O) groups excluding carboxylic acids is 1. The molecule has 4 nitrogen and oxygen atoms in total. The van der Waals surface area contributed by atoms with Crippen molar-refractivity contribution in [2.24, 2.45) is 0 Å². The second kappa shape index (κ2) is 9.92. The number of unbranched alkanes of at least 4 members (excludes halogenated alkanes) is 2. The van der Waals surface area contributed by atoms with Crippen molar-refractivity contribution in [1.29, 1.82) is 0 Å². The van der Waals surface area contributed by atoms with E-state index in [4.69, 9.17) is 0 Å². The summed E-state index contributed by atoms with van der Waals surface area (Å²) in [7, 11) is -2.02. The third-order valence-electron chi connectivity index (χ3n) is 4.03. The Morgan fingerprint density at radius 2 is 1.62 bits per heavy atom. The molecule has 0 fully saturated rings. The highest BCUT2D eigenvalue weighted by molar-refractivity contribution is 7.91. The molecule has 0 radical (unpaired) electrons. The van der Waals surface area contributed by atoms with Gasteiger partial charge in [0.2, 0.25) is 0 Å². The zero-order chi connectivity index (χ0) is 18.8. The first kappa shape index (κ1) is 19.9. The Morgan fingerprint density at radius 3 is 2.35 bits per heavy atom. The van der Waals surface area contributed by atoms with Gasteiger partial charge in [0, 0.05) is 6.42 Å². The number of hydrogen-bond acceptors (Lipinski definition) is 4. The molecule has 0 spiro atoms. The van der Waals surface area contributed by atoms with Crippen LogP contribution in [0.15, 0.2) is 59.5 Å². The second-order valence-corrected chi connectivity index (χ2v) is 8.07. The lowest BCUT2D eigenvalue weighted by Crippen LogP contribution is -2.09. The highest BCUT2D eigenvalue weighted by atomic mass is 32.2. The van der Waals surface area contributed by atoms with Gasteiger partial charge in [-0.05, 0) is 30.0 Å². The van der Waals surface area contributed by atoms with E-state index in [-0.39, 0.29) is 11.7 Å². The molecule has 5 heteroatoms. The number of hydrogen-bond donors (Lipinski definition) is 0. The van der Waals surface area contributed by atoms with Crippen molar-refractivity contribution >= 4 is 28.0 Å². The van der Waals surface area contributed by atoms with Crippen LogP contribution in [-0.2, 0) is 19.4 Å². The Kier molecular flexibility index (Phi) is 7.60. The van der Waals surface area contributed by atoms with Crippen LogP contribution in [0.1, 0.15) is 36.8 Å². The van der Waals surface area contributed by atoms with E-state index < -0.39 is 9.84 Å². The maximum atomic E-state index is 12.7. The maximum Gasteiger partial charge on any atom is 0.305 e. The van der Waals surface area contributed by atoms with Crippen molar-refractivity contribution in [1.82, 2.24) is 0 Å². The number of ether oxygens (including phenoxy) is 1. The Bertz CT molecular complexity index is 839. The molecular formula is C21H24O4S. The summed E-state index contributed by atoms with van der Waals surface area (Å²) >= 11 is 0. The number of rotatable bonds is 9. The Morgan fingerprint density at radius 1 is 0.923 bits per heavy atom. The predicted molar refractivity (Wildman–Crippen MR) is 104 cm³/mol. The summed E-state index contributed by atoms with van der Waals surface area (Å²) in [5.41, 5.74) is 1.70. The highest BCUT2D eigenvalue weighted by Gasteiger charge is 2.16. The van der Waals surface area contributed by atoms with E-state index in [1.165, 1.54) is 7.11 Å². The summed E-state index contributed by atoms with van der Waals surface area (Å²) in [5.74, 6) is -0.186. The summed E-state index contributed by atoms with van der Waals surface area (Å²) in [4.78, 5) is 11.4. The van der Waals surface area contributed by atoms with Crippen molar-refractivity contribution in [3.05, 3.63) is 65.7 Å². The number of sulfone groups is 1. The number of esters is 1. The Hall–Kier alpha value is -2.40. The van der Waals surface area contributed by atoms with E-state index in [1.54, 1.807) is 12.1 Å². The van der Waals surface area contributed by atoms with E-state index >= 15 is 0 Å². The molecule has 0 unspecified atom stereocenters. The van der Waals surface area contributed by atoms with Crippen molar-refractivity contribution in [3.63, 3.8) is 0 Å². The fourth-order valence-electron chi connectivity index (χ4n) is 2.60. The quantitative estimate of drug-likeness (QED) is 0.373. The Labute approximate surface area is 155 Å². The molecule has 0 amide bonds. The van der Waals surface area contributed by atoms with Crippen LogP contribution in [0.2, 0.25) is 0 Å². The van der Waals surface area contributed by atoms with Crippen molar-refractivity contribution in [2.45, 2.75) is 30.6 Å². The number of benzene rings is 2. The third-order valence-corrected chi connectivity index (χ3v) is 5.90. The molecule has 0 saturated heterocycles. The van der Waals surface area contributed by atoms with Crippen LogP contribution in [-0.4, -0.2) is 27.2 Å². The third kappa shape index (κ3) is 6.15. The van der Waals surface area contributed by atoms with E-state index in [1.807, 2.05) is 54.6 Å². The first-order chi connectivity index (χ1) is 12.5. The largest absolute Gasteiger partial charge is 0.469 e. The van der Waals surface area contributed by atoms with Crippen LogP contribution in [0.25, 0.3) is 12.2 Å². The summed E-state index contributed by atoms with van der Waals surface area (Å²) in [6.07, 6.45) is 5.90. The molecular weight excluding hydrogens is 348 g/mol. The molecule has 0 bridgehead atoms. The molecule has 0 atom stereocenters. The minimum absolute atomic E-state index is 0.0738. The van der Waals surface area contributed by atoms with Gasteiger partial charge in [-0.2, -0.15) is 0 Å². The number of carbonyl (C=O) groups is 1. The molecule has 26 heavy (non-hydrogen) atoms. The topological polar surface area (TPSA) is 60.4 Å². The monoisotopic (exact) mass is 372 g/mol. The SMILES string of the molecule is COC(=O)CCCCCS(=O)(=O)c1ccccc1C=Cc1ccccc1. The summed E-state index contributed by atoms with van der Waals surface area (Å²) < 4.78 is 30.0. The molecule has 0 aliphatic heterocycles. The van der Waals surface area contributed by atoms with Gasteiger partial charge in [0.05, 0.1) is 17.8 Å². The maximum absolute atomic E-state index is 12.7.